The van der Waals surface area contributed by atoms with Gasteiger partial charge >= 0.3 is 0 Å². The van der Waals surface area contributed by atoms with Crippen molar-refractivity contribution in [3.05, 3.63) is 36.5 Å². The number of carbonyl (C=O) groups is 2. The zero-order chi connectivity index (χ0) is 8.69. The van der Waals surface area contributed by atoms with E-state index in [1.807, 2.05) is 0 Å². The van der Waals surface area contributed by atoms with Crippen molar-refractivity contribution in [3.63, 3.8) is 0 Å². The average Bonchev–Trinajstić information content (AvgIpc) is 2.05. The van der Waals surface area contributed by atoms with Gasteiger partial charge in [-0.05, 0) is 6.92 Å². The fourth-order valence-electron chi connectivity index (χ4n) is 0.560. The minimum absolute atomic E-state index is 0.294. The van der Waals surface area contributed by atoms with Crippen LogP contribution in [0.15, 0.2) is 36.5 Å². The fraction of sp³-hybridized carbons (Fsp3) is 0.111. The Morgan fingerprint density at radius 1 is 1.45 bits per heavy atom. The summed E-state index contributed by atoms with van der Waals surface area (Å²) >= 11 is 0. The highest BCUT2D eigenvalue weighted by molar-refractivity contribution is 6.34. The Morgan fingerprint density at radius 2 is 2.09 bits per heavy atom. The molecule has 0 aliphatic rings. The van der Waals surface area contributed by atoms with Gasteiger partial charge in [-0.2, -0.15) is 0 Å². The van der Waals surface area contributed by atoms with E-state index in [-0.39, 0.29) is 0 Å². The van der Waals surface area contributed by atoms with Crippen molar-refractivity contribution in [2.24, 2.45) is 0 Å². The van der Waals surface area contributed by atoms with Gasteiger partial charge in [0.15, 0.2) is 6.29 Å². The number of Topliss-reactive ketones (excluding diaryl/α,β-unsaturated/α-hetero) is 1. The maximum Gasteiger partial charge on any atom is 0.225 e. The van der Waals surface area contributed by atoms with Gasteiger partial charge < -0.3 is 0 Å². The summed E-state index contributed by atoms with van der Waals surface area (Å²) in [5.74, 6) is -0.509. The zero-order valence-corrected chi connectivity index (χ0v) is 6.41. The van der Waals surface area contributed by atoms with Crippen LogP contribution in [0.2, 0.25) is 0 Å². The SMILES string of the molecule is C=C/C=C\C(=C/C)C(=O)C=O. The van der Waals surface area contributed by atoms with Crippen LogP contribution < -0.4 is 0 Å². The van der Waals surface area contributed by atoms with Gasteiger partial charge in [-0.25, -0.2) is 0 Å². The molecule has 0 aromatic carbocycles. The van der Waals surface area contributed by atoms with Crippen LogP contribution in [0, 0.1) is 0 Å². The second-order valence-corrected chi connectivity index (χ2v) is 1.82. The highest BCUT2D eigenvalue weighted by Crippen LogP contribution is 1.96. The first kappa shape index (κ1) is 9.56. The van der Waals surface area contributed by atoms with Crippen LogP contribution in [-0.2, 0) is 9.59 Å². The Labute approximate surface area is 65.9 Å². The molecule has 0 aliphatic heterocycles. The number of rotatable bonds is 4. The second-order valence-electron chi connectivity index (χ2n) is 1.82. The lowest BCUT2D eigenvalue weighted by Gasteiger charge is -1.89. The Kier molecular flexibility index (Phi) is 4.65. The molecule has 0 unspecified atom stereocenters. The van der Waals surface area contributed by atoms with E-state index in [1.54, 1.807) is 31.2 Å². The summed E-state index contributed by atoms with van der Waals surface area (Å²) in [5.41, 5.74) is 0.389. The van der Waals surface area contributed by atoms with E-state index in [0.717, 1.165) is 0 Å². The molecule has 0 saturated heterocycles. The molecule has 0 radical (unpaired) electrons. The number of carbonyl (C=O) groups excluding carboxylic acids is 2. The first-order chi connectivity index (χ1) is 5.26. The third-order valence-electron chi connectivity index (χ3n) is 1.11. The summed E-state index contributed by atoms with van der Waals surface area (Å²) in [5, 5.41) is 0. The van der Waals surface area contributed by atoms with Crippen LogP contribution in [0.25, 0.3) is 0 Å². The molecule has 0 aromatic heterocycles. The number of hydrogen-bond donors (Lipinski definition) is 0. The van der Waals surface area contributed by atoms with E-state index < -0.39 is 5.78 Å². The van der Waals surface area contributed by atoms with Crippen molar-refractivity contribution in [2.45, 2.75) is 6.92 Å². The summed E-state index contributed by atoms with van der Waals surface area (Å²) in [6.45, 7) is 5.14. The summed E-state index contributed by atoms with van der Waals surface area (Å²) in [4.78, 5) is 20.7. The molecular weight excluding hydrogens is 140 g/mol. The topological polar surface area (TPSA) is 34.1 Å². The Balaban J connectivity index is 4.43. The van der Waals surface area contributed by atoms with Gasteiger partial charge in [-0.1, -0.05) is 30.9 Å². The molecular formula is C9H10O2. The molecule has 0 atom stereocenters. The minimum Gasteiger partial charge on any atom is -0.294 e. The van der Waals surface area contributed by atoms with E-state index in [0.29, 0.717) is 11.9 Å². The molecule has 0 fully saturated rings. The van der Waals surface area contributed by atoms with E-state index in [9.17, 15) is 9.59 Å². The van der Waals surface area contributed by atoms with Gasteiger partial charge in [0.1, 0.15) is 0 Å². The third kappa shape index (κ3) is 3.30. The lowest BCUT2D eigenvalue weighted by Crippen LogP contribution is -2.00. The molecule has 58 valence electrons. The predicted molar refractivity (Wildman–Crippen MR) is 44.2 cm³/mol. The maximum atomic E-state index is 10.7. The molecule has 0 spiro atoms. The van der Waals surface area contributed by atoms with Crippen LogP contribution in [0.5, 0.6) is 0 Å². The highest BCUT2D eigenvalue weighted by Gasteiger charge is 2.00. The summed E-state index contributed by atoms with van der Waals surface area (Å²) in [6, 6.07) is 0. The summed E-state index contributed by atoms with van der Waals surface area (Å²) in [6.07, 6.45) is 6.57. The molecule has 2 nitrogen and oxygen atoms in total. The van der Waals surface area contributed by atoms with E-state index in [4.69, 9.17) is 0 Å². The largest absolute Gasteiger partial charge is 0.294 e. The minimum atomic E-state index is -0.509. The fourth-order valence-corrected chi connectivity index (χ4v) is 0.560. The number of aldehydes is 1. The second kappa shape index (κ2) is 5.35. The maximum absolute atomic E-state index is 10.7. The van der Waals surface area contributed by atoms with Gasteiger partial charge in [0.05, 0.1) is 0 Å². The molecule has 0 heterocycles. The van der Waals surface area contributed by atoms with Gasteiger partial charge in [-0.3, -0.25) is 9.59 Å². The van der Waals surface area contributed by atoms with E-state index >= 15 is 0 Å². The first-order valence-corrected chi connectivity index (χ1v) is 3.21. The predicted octanol–water partition coefficient (Wildman–Crippen LogP) is 1.44. The number of hydrogen-bond acceptors (Lipinski definition) is 2. The van der Waals surface area contributed by atoms with Crippen LogP contribution in [-0.4, -0.2) is 12.1 Å². The standard InChI is InChI=1S/C9H10O2/c1-3-5-6-8(4-2)9(11)7-10/h3-7H,1H2,2H3/b6-5-,8-4+. The molecule has 0 bridgehead atoms. The number of allylic oxidation sites excluding steroid dienone is 5. The first-order valence-electron chi connectivity index (χ1n) is 3.21. The molecule has 0 rings (SSSR count). The van der Waals surface area contributed by atoms with Crippen molar-refractivity contribution < 1.29 is 9.59 Å². The van der Waals surface area contributed by atoms with Crippen molar-refractivity contribution in [3.8, 4) is 0 Å². The third-order valence-corrected chi connectivity index (χ3v) is 1.11. The Hall–Kier alpha value is -1.44. The summed E-state index contributed by atoms with van der Waals surface area (Å²) in [7, 11) is 0. The molecule has 0 aliphatic carbocycles. The van der Waals surface area contributed by atoms with E-state index in [2.05, 4.69) is 6.58 Å². The van der Waals surface area contributed by atoms with Gasteiger partial charge in [-0.15, -0.1) is 0 Å². The van der Waals surface area contributed by atoms with Crippen LogP contribution in [0.4, 0.5) is 0 Å². The molecule has 0 saturated carbocycles. The molecule has 0 amide bonds. The van der Waals surface area contributed by atoms with Gasteiger partial charge in [0.2, 0.25) is 5.78 Å². The van der Waals surface area contributed by atoms with Crippen molar-refractivity contribution in [1.82, 2.24) is 0 Å². The normalized spacial score (nSPS) is 11.5. The van der Waals surface area contributed by atoms with Gasteiger partial charge in [0.25, 0.3) is 0 Å². The molecule has 0 N–H and O–H groups in total. The van der Waals surface area contributed by atoms with Gasteiger partial charge in [0, 0.05) is 5.57 Å². The van der Waals surface area contributed by atoms with Crippen molar-refractivity contribution >= 4 is 12.1 Å². The number of ketones is 1. The molecule has 0 aromatic rings. The molecule has 11 heavy (non-hydrogen) atoms. The van der Waals surface area contributed by atoms with Crippen LogP contribution in [0.3, 0.4) is 0 Å². The van der Waals surface area contributed by atoms with Crippen molar-refractivity contribution in [1.29, 1.82) is 0 Å². The van der Waals surface area contributed by atoms with Crippen LogP contribution in [0.1, 0.15) is 6.92 Å². The lowest BCUT2D eigenvalue weighted by molar-refractivity contribution is -0.127. The van der Waals surface area contributed by atoms with E-state index in [1.165, 1.54) is 0 Å². The molecule has 2 heteroatoms. The monoisotopic (exact) mass is 150 g/mol. The highest BCUT2D eigenvalue weighted by atomic mass is 16.2. The lowest BCUT2D eigenvalue weighted by atomic mass is 10.1. The smallest absolute Gasteiger partial charge is 0.225 e. The Bertz CT molecular complexity index is 222. The van der Waals surface area contributed by atoms with Crippen molar-refractivity contribution in [2.75, 3.05) is 0 Å². The quantitative estimate of drug-likeness (QED) is 0.263. The van der Waals surface area contributed by atoms with Crippen LogP contribution >= 0.6 is 0 Å². The zero-order valence-electron chi connectivity index (χ0n) is 6.41. The average molecular weight is 150 g/mol. The Morgan fingerprint density at radius 3 is 2.45 bits per heavy atom. The summed E-state index contributed by atoms with van der Waals surface area (Å²) < 4.78 is 0.